The van der Waals surface area contributed by atoms with Gasteiger partial charge in [0.1, 0.15) is 5.84 Å². The molecule has 8 heteroatoms. The summed E-state index contributed by atoms with van der Waals surface area (Å²) < 4.78 is 26.7. The maximum absolute atomic E-state index is 12.4. The molecule has 1 rings (SSSR count). The Labute approximate surface area is 121 Å². The van der Waals surface area contributed by atoms with Crippen molar-refractivity contribution in [3.63, 3.8) is 0 Å². The summed E-state index contributed by atoms with van der Waals surface area (Å²) in [5.74, 6) is 0.00268. The summed E-state index contributed by atoms with van der Waals surface area (Å²) in [5, 5.41) is 11.3. The minimum atomic E-state index is -3.57. The Hall–Kier alpha value is -1.12. The van der Waals surface area contributed by atoms with Crippen LogP contribution in [0.1, 0.15) is 13.3 Å². The smallest absolute Gasteiger partial charge is 0.243 e. The van der Waals surface area contributed by atoms with Gasteiger partial charge in [0.05, 0.1) is 4.90 Å². The first-order chi connectivity index (χ1) is 8.91. The fourth-order valence-electron chi connectivity index (χ4n) is 1.51. The number of oxime groups is 1. The van der Waals surface area contributed by atoms with Gasteiger partial charge in [-0.2, -0.15) is 4.31 Å². The monoisotopic (exact) mass is 349 g/mol. The van der Waals surface area contributed by atoms with E-state index in [9.17, 15) is 8.42 Å². The van der Waals surface area contributed by atoms with Gasteiger partial charge in [0.15, 0.2) is 0 Å². The third kappa shape index (κ3) is 4.19. The molecule has 19 heavy (non-hydrogen) atoms. The highest BCUT2D eigenvalue weighted by molar-refractivity contribution is 9.10. The van der Waals surface area contributed by atoms with E-state index >= 15 is 0 Å². The number of nitrogens with zero attached hydrogens (tertiary/aromatic N) is 2. The highest BCUT2D eigenvalue weighted by Gasteiger charge is 2.23. The molecule has 0 atom stereocenters. The van der Waals surface area contributed by atoms with Crippen molar-refractivity contribution in [2.75, 3.05) is 13.1 Å². The van der Waals surface area contributed by atoms with E-state index in [1.807, 2.05) is 0 Å². The van der Waals surface area contributed by atoms with Crippen molar-refractivity contribution in [2.45, 2.75) is 18.2 Å². The summed E-state index contributed by atoms with van der Waals surface area (Å²) in [6.07, 6.45) is 0.178. The molecular weight excluding hydrogens is 334 g/mol. The molecule has 6 nitrogen and oxygen atoms in total. The number of sulfonamides is 1. The molecule has 0 spiro atoms. The van der Waals surface area contributed by atoms with E-state index in [0.717, 1.165) is 0 Å². The molecule has 1 aromatic carbocycles. The minimum absolute atomic E-state index is 0.00268. The third-order valence-corrected chi connectivity index (χ3v) is 5.00. The zero-order valence-electron chi connectivity index (χ0n) is 10.5. The van der Waals surface area contributed by atoms with E-state index in [4.69, 9.17) is 10.9 Å². The van der Waals surface area contributed by atoms with Gasteiger partial charge in [-0.15, -0.1) is 0 Å². The predicted molar refractivity (Wildman–Crippen MR) is 76.6 cm³/mol. The zero-order chi connectivity index (χ0) is 14.5. The number of rotatable bonds is 6. The predicted octanol–water partition coefficient (Wildman–Crippen LogP) is 1.60. The Balaban J connectivity index is 2.96. The van der Waals surface area contributed by atoms with E-state index in [-0.39, 0.29) is 23.7 Å². The van der Waals surface area contributed by atoms with Crippen LogP contribution in [-0.4, -0.2) is 36.9 Å². The van der Waals surface area contributed by atoms with Crippen LogP contribution < -0.4 is 5.73 Å². The number of amidine groups is 1. The molecule has 0 aromatic heterocycles. The molecule has 0 bridgehead atoms. The third-order valence-electron chi connectivity index (χ3n) is 2.53. The van der Waals surface area contributed by atoms with Crippen LogP contribution in [0.5, 0.6) is 0 Å². The van der Waals surface area contributed by atoms with Crippen molar-refractivity contribution in [1.29, 1.82) is 0 Å². The molecule has 1 aromatic rings. The quantitative estimate of drug-likeness (QED) is 0.352. The average molecular weight is 350 g/mol. The first-order valence-corrected chi connectivity index (χ1v) is 7.87. The second-order valence-corrected chi connectivity index (χ2v) is 6.65. The Kier molecular flexibility index (Phi) is 5.77. The van der Waals surface area contributed by atoms with Crippen LogP contribution in [-0.2, 0) is 10.0 Å². The van der Waals surface area contributed by atoms with Crippen LogP contribution in [0.3, 0.4) is 0 Å². The Bertz CT molecular complexity index is 560. The van der Waals surface area contributed by atoms with Gasteiger partial charge >= 0.3 is 0 Å². The lowest BCUT2D eigenvalue weighted by molar-refractivity contribution is 0.315. The maximum atomic E-state index is 12.4. The fraction of sp³-hybridized carbons (Fsp3) is 0.364. The summed E-state index contributed by atoms with van der Waals surface area (Å²) in [4.78, 5) is 0.211. The largest absolute Gasteiger partial charge is 0.409 e. The molecule has 0 fully saturated rings. The van der Waals surface area contributed by atoms with Gasteiger partial charge in [0.25, 0.3) is 0 Å². The van der Waals surface area contributed by atoms with Gasteiger partial charge in [0.2, 0.25) is 10.0 Å². The molecule has 0 radical (unpaired) electrons. The summed E-state index contributed by atoms with van der Waals surface area (Å²) >= 11 is 3.24. The average Bonchev–Trinajstić information content (AvgIpc) is 2.38. The van der Waals surface area contributed by atoms with Crippen molar-refractivity contribution < 1.29 is 13.6 Å². The van der Waals surface area contributed by atoms with Gasteiger partial charge in [0, 0.05) is 24.0 Å². The van der Waals surface area contributed by atoms with Crippen molar-refractivity contribution in [3.8, 4) is 0 Å². The molecule has 106 valence electrons. The molecule has 3 N–H and O–H groups in total. The van der Waals surface area contributed by atoms with Crippen LogP contribution in [0.25, 0.3) is 0 Å². The number of benzene rings is 1. The van der Waals surface area contributed by atoms with Gasteiger partial charge in [-0.1, -0.05) is 34.1 Å². The number of nitrogens with two attached hydrogens (primary N) is 1. The van der Waals surface area contributed by atoms with Gasteiger partial charge in [-0.05, 0) is 18.2 Å². The van der Waals surface area contributed by atoms with Crippen molar-refractivity contribution >= 4 is 31.8 Å². The normalized spacial score (nSPS) is 12.9. The minimum Gasteiger partial charge on any atom is -0.409 e. The van der Waals surface area contributed by atoms with E-state index in [2.05, 4.69) is 21.1 Å². The first-order valence-electron chi connectivity index (χ1n) is 5.64. The highest BCUT2D eigenvalue weighted by atomic mass is 79.9. The second-order valence-electron chi connectivity index (χ2n) is 3.80. The van der Waals surface area contributed by atoms with Crippen molar-refractivity contribution in [2.24, 2.45) is 10.9 Å². The standard InChI is InChI=1S/C11H16BrN3O3S/c1-2-15(7-6-11(13)14-16)19(17,18)10-5-3-4-9(12)8-10/h3-5,8,16H,2,6-7H2,1H3,(H2,13,14). The fourth-order valence-corrected chi connectivity index (χ4v) is 3.56. The van der Waals surface area contributed by atoms with Crippen LogP contribution in [0, 0.1) is 0 Å². The van der Waals surface area contributed by atoms with E-state index < -0.39 is 10.0 Å². The van der Waals surface area contributed by atoms with Gasteiger partial charge in [-0.3, -0.25) is 0 Å². The van der Waals surface area contributed by atoms with Crippen LogP contribution in [0.4, 0.5) is 0 Å². The summed E-state index contributed by atoms with van der Waals surface area (Å²) in [7, 11) is -3.57. The lowest BCUT2D eigenvalue weighted by Crippen LogP contribution is -2.34. The van der Waals surface area contributed by atoms with Crippen LogP contribution >= 0.6 is 15.9 Å². The van der Waals surface area contributed by atoms with Crippen LogP contribution in [0.2, 0.25) is 0 Å². The Morgan fingerprint density at radius 2 is 2.21 bits per heavy atom. The van der Waals surface area contributed by atoms with Gasteiger partial charge in [-0.25, -0.2) is 8.42 Å². The number of halogens is 1. The second kappa shape index (κ2) is 6.88. The lowest BCUT2D eigenvalue weighted by Gasteiger charge is -2.20. The SMILES string of the molecule is CCN(CC/C(N)=N/O)S(=O)(=O)c1cccc(Br)c1. The Morgan fingerprint density at radius 3 is 2.74 bits per heavy atom. The summed E-state index contributed by atoms with van der Waals surface area (Å²) in [6, 6.07) is 6.49. The molecule has 0 aliphatic rings. The zero-order valence-corrected chi connectivity index (χ0v) is 12.9. The van der Waals surface area contributed by atoms with Gasteiger partial charge < -0.3 is 10.9 Å². The molecule has 0 amide bonds. The summed E-state index contributed by atoms with van der Waals surface area (Å²) in [6.45, 7) is 2.22. The number of hydrogen-bond acceptors (Lipinski definition) is 4. The molecule has 0 saturated heterocycles. The molecule has 0 heterocycles. The topological polar surface area (TPSA) is 96.0 Å². The molecule has 0 saturated carbocycles. The summed E-state index contributed by atoms with van der Waals surface area (Å²) in [5.41, 5.74) is 5.35. The Morgan fingerprint density at radius 1 is 1.53 bits per heavy atom. The van der Waals surface area contributed by atoms with E-state index in [0.29, 0.717) is 11.0 Å². The molecule has 0 aliphatic carbocycles. The van der Waals surface area contributed by atoms with E-state index in [1.54, 1.807) is 25.1 Å². The molecule has 0 unspecified atom stereocenters. The van der Waals surface area contributed by atoms with Crippen LogP contribution in [0.15, 0.2) is 38.8 Å². The highest BCUT2D eigenvalue weighted by Crippen LogP contribution is 2.20. The first kappa shape index (κ1) is 15.9. The van der Waals surface area contributed by atoms with Crippen molar-refractivity contribution in [1.82, 2.24) is 4.31 Å². The molecule has 0 aliphatic heterocycles. The lowest BCUT2D eigenvalue weighted by atomic mass is 10.4. The molecular formula is C11H16BrN3O3S. The number of hydrogen-bond donors (Lipinski definition) is 2. The maximum Gasteiger partial charge on any atom is 0.243 e. The van der Waals surface area contributed by atoms with E-state index in [1.165, 1.54) is 10.4 Å². The van der Waals surface area contributed by atoms with Crippen molar-refractivity contribution in [3.05, 3.63) is 28.7 Å².